The van der Waals surface area contributed by atoms with Crippen molar-refractivity contribution in [2.45, 2.75) is 12.3 Å². The van der Waals surface area contributed by atoms with Crippen molar-refractivity contribution in [3.05, 3.63) is 47.8 Å². The summed E-state index contributed by atoms with van der Waals surface area (Å²) in [5.74, 6) is -1.09. The number of aryl methyl sites for hydroxylation is 1. The van der Waals surface area contributed by atoms with Crippen LogP contribution in [0, 0.1) is 5.92 Å². The zero-order chi connectivity index (χ0) is 18.0. The normalized spacial score (nSPS) is 20.3. The standard InChI is InChI=1S/C18H21N3O4/c1-20-9-15(8-19-20)13-6-14(18(23)24)11-21(10-13)17(22)12-4-3-5-16(7-12)25-2/h3-5,7-9,13-14H,6,10-11H2,1-2H3,(H,23,24). The molecule has 0 radical (unpaired) electrons. The van der Waals surface area contributed by atoms with E-state index >= 15 is 0 Å². The number of hydrogen-bond donors (Lipinski definition) is 1. The molecule has 1 aromatic carbocycles. The maximum absolute atomic E-state index is 12.9. The first kappa shape index (κ1) is 17.0. The maximum Gasteiger partial charge on any atom is 0.308 e. The summed E-state index contributed by atoms with van der Waals surface area (Å²) in [7, 11) is 3.36. The number of likely N-dealkylation sites (tertiary alicyclic amines) is 1. The molecule has 7 nitrogen and oxygen atoms in total. The lowest BCUT2D eigenvalue weighted by atomic mass is 9.85. The van der Waals surface area contributed by atoms with Crippen molar-refractivity contribution in [1.29, 1.82) is 0 Å². The zero-order valence-electron chi connectivity index (χ0n) is 14.3. The van der Waals surface area contributed by atoms with Gasteiger partial charge in [-0.15, -0.1) is 0 Å². The van der Waals surface area contributed by atoms with Gasteiger partial charge in [-0.1, -0.05) is 6.07 Å². The number of ether oxygens (including phenoxy) is 1. The van der Waals surface area contributed by atoms with Gasteiger partial charge >= 0.3 is 5.97 Å². The topological polar surface area (TPSA) is 84.7 Å². The lowest BCUT2D eigenvalue weighted by Gasteiger charge is -2.36. The van der Waals surface area contributed by atoms with E-state index in [4.69, 9.17) is 4.74 Å². The average Bonchev–Trinajstić information content (AvgIpc) is 3.07. The molecule has 0 saturated carbocycles. The smallest absolute Gasteiger partial charge is 0.308 e. The third-order valence-corrected chi connectivity index (χ3v) is 4.60. The quantitative estimate of drug-likeness (QED) is 0.914. The van der Waals surface area contributed by atoms with Gasteiger partial charge in [-0.05, 0) is 30.2 Å². The molecule has 1 aliphatic heterocycles. The molecule has 2 heterocycles. The van der Waals surface area contributed by atoms with Gasteiger partial charge in [0.25, 0.3) is 5.91 Å². The van der Waals surface area contributed by atoms with Gasteiger partial charge in [0.2, 0.25) is 0 Å². The largest absolute Gasteiger partial charge is 0.497 e. The second-order valence-electron chi connectivity index (χ2n) is 6.36. The predicted molar refractivity (Wildman–Crippen MR) is 90.6 cm³/mol. The molecule has 2 atom stereocenters. The molecule has 1 aliphatic rings. The second kappa shape index (κ2) is 6.96. The number of piperidine rings is 1. The van der Waals surface area contributed by atoms with Crippen molar-refractivity contribution in [1.82, 2.24) is 14.7 Å². The zero-order valence-corrected chi connectivity index (χ0v) is 14.3. The van der Waals surface area contributed by atoms with Gasteiger partial charge in [0.1, 0.15) is 5.75 Å². The van der Waals surface area contributed by atoms with E-state index in [-0.39, 0.29) is 18.4 Å². The molecule has 1 fully saturated rings. The van der Waals surface area contributed by atoms with E-state index in [0.717, 1.165) is 5.56 Å². The molecule has 2 unspecified atom stereocenters. The van der Waals surface area contributed by atoms with Crippen molar-refractivity contribution in [2.75, 3.05) is 20.2 Å². The first-order valence-electron chi connectivity index (χ1n) is 8.12. The van der Waals surface area contributed by atoms with E-state index in [2.05, 4.69) is 5.10 Å². The molecular formula is C18H21N3O4. The summed E-state index contributed by atoms with van der Waals surface area (Å²) in [6.07, 6.45) is 4.12. The van der Waals surface area contributed by atoms with E-state index in [1.807, 2.05) is 13.2 Å². The highest BCUT2D eigenvalue weighted by atomic mass is 16.5. The summed E-state index contributed by atoms with van der Waals surface area (Å²) in [6, 6.07) is 6.91. The summed E-state index contributed by atoms with van der Waals surface area (Å²) >= 11 is 0. The number of benzene rings is 1. The van der Waals surface area contributed by atoms with Crippen LogP contribution in [0.4, 0.5) is 0 Å². The molecule has 0 bridgehead atoms. The van der Waals surface area contributed by atoms with E-state index in [0.29, 0.717) is 24.3 Å². The van der Waals surface area contributed by atoms with E-state index in [9.17, 15) is 14.7 Å². The van der Waals surface area contributed by atoms with Crippen LogP contribution in [0.1, 0.15) is 28.3 Å². The minimum atomic E-state index is -0.878. The maximum atomic E-state index is 12.9. The number of methoxy groups -OCH3 is 1. The molecule has 132 valence electrons. The van der Waals surface area contributed by atoms with E-state index in [1.54, 1.807) is 47.2 Å². The van der Waals surface area contributed by atoms with E-state index < -0.39 is 11.9 Å². The van der Waals surface area contributed by atoms with Crippen molar-refractivity contribution in [3.63, 3.8) is 0 Å². The van der Waals surface area contributed by atoms with Crippen molar-refractivity contribution < 1.29 is 19.4 Å². The Morgan fingerprint density at radius 3 is 2.76 bits per heavy atom. The summed E-state index contributed by atoms with van der Waals surface area (Å²) in [5.41, 5.74) is 1.45. The molecule has 0 aliphatic carbocycles. The van der Waals surface area contributed by atoms with Gasteiger partial charge < -0.3 is 14.7 Å². The van der Waals surface area contributed by atoms with Crippen LogP contribution in [0.25, 0.3) is 0 Å². The van der Waals surface area contributed by atoms with Gasteiger partial charge in [-0.25, -0.2) is 0 Å². The van der Waals surface area contributed by atoms with Crippen LogP contribution in [-0.2, 0) is 11.8 Å². The molecule has 1 N–H and O–H groups in total. The van der Waals surface area contributed by atoms with Crippen LogP contribution in [-0.4, -0.2) is 51.9 Å². The number of nitrogens with zero attached hydrogens (tertiary/aromatic N) is 3. The van der Waals surface area contributed by atoms with Crippen LogP contribution in [0.3, 0.4) is 0 Å². The number of aliphatic carboxylic acids is 1. The van der Waals surface area contributed by atoms with Crippen molar-refractivity contribution in [2.24, 2.45) is 13.0 Å². The number of carbonyl (C=O) groups excluding carboxylic acids is 1. The van der Waals surface area contributed by atoms with Crippen LogP contribution in [0.5, 0.6) is 5.75 Å². The summed E-state index contributed by atoms with van der Waals surface area (Å²) in [4.78, 5) is 26.1. The number of carbonyl (C=O) groups is 2. The molecule has 1 aromatic heterocycles. The van der Waals surface area contributed by atoms with Gasteiger partial charge in [0.15, 0.2) is 0 Å². The number of rotatable bonds is 4. The Hall–Kier alpha value is -2.83. The third kappa shape index (κ3) is 3.65. The Labute approximate surface area is 145 Å². The molecule has 1 saturated heterocycles. The van der Waals surface area contributed by atoms with Crippen molar-refractivity contribution >= 4 is 11.9 Å². The first-order chi connectivity index (χ1) is 12.0. The molecule has 25 heavy (non-hydrogen) atoms. The molecule has 1 amide bonds. The Morgan fingerprint density at radius 1 is 1.32 bits per heavy atom. The van der Waals surface area contributed by atoms with Crippen LogP contribution >= 0.6 is 0 Å². The SMILES string of the molecule is COc1cccc(C(=O)N2CC(C(=O)O)CC(c3cnn(C)c3)C2)c1. The van der Waals surface area contributed by atoms with E-state index in [1.165, 1.54) is 0 Å². The van der Waals surface area contributed by atoms with Gasteiger partial charge in [0, 0.05) is 37.8 Å². The van der Waals surface area contributed by atoms with Crippen LogP contribution < -0.4 is 4.74 Å². The number of carboxylic acid groups (broad SMARTS) is 1. The Kier molecular flexibility index (Phi) is 4.74. The minimum absolute atomic E-state index is 0.0434. The highest BCUT2D eigenvalue weighted by Gasteiger charge is 2.35. The molecule has 7 heteroatoms. The fourth-order valence-electron chi connectivity index (χ4n) is 3.27. The Bertz CT molecular complexity index is 786. The minimum Gasteiger partial charge on any atom is -0.497 e. The van der Waals surface area contributed by atoms with Gasteiger partial charge in [-0.3, -0.25) is 14.3 Å². The Morgan fingerprint density at radius 2 is 2.12 bits per heavy atom. The summed E-state index contributed by atoms with van der Waals surface area (Å²) in [6.45, 7) is 0.688. The van der Waals surface area contributed by atoms with Crippen LogP contribution in [0.2, 0.25) is 0 Å². The van der Waals surface area contributed by atoms with Crippen LogP contribution in [0.15, 0.2) is 36.7 Å². The molecule has 2 aromatic rings. The van der Waals surface area contributed by atoms with Gasteiger partial charge in [-0.2, -0.15) is 5.10 Å². The fraction of sp³-hybridized carbons (Fsp3) is 0.389. The number of amides is 1. The number of aromatic nitrogens is 2. The first-order valence-corrected chi connectivity index (χ1v) is 8.12. The second-order valence-corrected chi connectivity index (χ2v) is 6.36. The highest BCUT2D eigenvalue weighted by molar-refractivity contribution is 5.95. The lowest BCUT2D eigenvalue weighted by molar-refractivity contribution is -0.143. The predicted octanol–water partition coefficient (Wildman–Crippen LogP) is 1.76. The summed E-state index contributed by atoms with van der Waals surface area (Å²) < 4.78 is 6.86. The van der Waals surface area contributed by atoms with Gasteiger partial charge in [0.05, 0.1) is 19.2 Å². The number of carboxylic acids is 1. The fourth-order valence-corrected chi connectivity index (χ4v) is 3.27. The molecule has 0 spiro atoms. The molecular weight excluding hydrogens is 322 g/mol. The summed E-state index contributed by atoms with van der Waals surface area (Å²) in [5, 5.41) is 13.6. The lowest BCUT2D eigenvalue weighted by Crippen LogP contribution is -2.45. The average molecular weight is 343 g/mol. The third-order valence-electron chi connectivity index (χ3n) is 4.60. The highest BCUT2D eigenvalue weighted by Crippen LogP contribution is 2.31. The number of hydrogen-bond acceptors (Lipinski definition) is 4. The molecule has 3 rings (SSSR count). The Balaban J connectivity index is 1.85. The van der Waals surface area contributed by atoms with Crippen molar-refractivity contribution in [3.8, 4) is 5.75 Å². The monoisotopic (exact) mass is 343 g/mol.